The molecule has 1 aliphatic rings. The second-order valence-electron chi connectivity index (χ2n) is 4.06. The minimum atomic E-state index is -0.990. The molecule has 0 fully saturated rings. The smallest absolute Gasteiger partial charge is 0.0724 e. The van der Waals surface area contributed by atoms with Crippen LogP contribution in [0.1, 0.15) is 12.8 Å². The van der Waals surface area contributed by atoms with Crippen molar-refractivity contribution in [1.29, 1.82) is 0 Å². The van der Waals surface area contributed by atoms with Crippen molar-refractivity contribution < 1.29 is 0 Å². The van der Waals surface area contributed by atoms with Crippen molar-refractivity contribution in [3.63, 3.8) is 0 Å². The summed E-state index contributed by atoms with van der Waals surface area (Å²) in [5, 5.41) is 1.70. The molecule has 0 saturated heterocycles. The number of allylic oxidation sites excluding steroid dienone is 4. The first-order valence-corrected chi connectivity index (χ1v) is 8.35. The molecular formula is C9H15BrSi. The van der Waals surface area contributed by atoms with Crippen LogP contribution in [-0.4, -0.2) is 8.07 Å². The van der Waals surface area contributed by atoms with Gasteiger partial charge in [-0.1, -0.05) is 52.9 Å². The van der Waals surface area contributed by atoms with E-state index < -0.39 is 8.07 Å². The van der Waals surface area contributed by atoms with Gasteiger partial charge in [-0.05, 0) is 17.3 Å². The Hall–Kier alpha value is 0.177. The van der Waals surface area contributed by atoms with Crippen LogP contribution >= 0.6 is 15.9 Å². The van der Waals surface area contributed by atoms with Gasteiger partial charge in [-0.25, -0.2) is 0 Å². The lowest BCUT2D eigenvalue weighted by molar-refractivity contribution is 0.993. The second-order valence-corrected chi connectivity index (χ2v) is 10.2. The number of hydrogen-bond donors (Lipinski definition) is 0. The van der Waals surface area contributed by atoms with Crippen LogP contribution in [0.3, 0.4) is 0 Å². The molecule has 11 heavy (non-hydrogen) atoms. The highest BCUT2D eigenvalue weighted by Crippen LogP contribution is 2.28. The molecule has 1 rings (SSSR count). The first kappa shape index (κ1) is 9.27. The molecule has 0 saturated carbocycles. The minimum Gasteiger partial charge on any atom is -0.0807 e. The molecular weight excluding hydrogens is 216 g/mol. The molecule has 62 valence electrons. The van der Waals surface area contributed by atoms with Crippen LogP contribution in [0, 0.1) is 0 Å². The van der Waals surface area contributed by atoms with E-state index in [9.17, 15) is 0 Å². The number of rotatable bonds is 1. The van der Waals surface area contributed by atoms with Crippen LogP contribution in [0.25, 0.3) is 0 Å². The average molecular weight is 231 g/mol. The lowest BCUT2D eigenvalue weighted by Crippen LogP contribution is -2.24. The Bertz CT molecular complexity index is 208. The molecule has 2 heteroatoms. The summed E-state index contributed by atoms with van der Waals surface area (Å²) in [4.78, 5) is 0. The fraction of sp³-hybridized carbons (Fsp3) is 0.556. The van der Waals surface area contributed by atoms with Gasteiger partial charge in [0.15, 0.2) is 0 Å². The maximum absolute atomic E-state index is 3.51. The summed E-state index contributed by atoms with van der Waals surface area (Å²) in [5.41, 5.74) is 0. The fourth-order valence-corrected chi connectivity index (χ4v) is 3.03. The molecule has 0 nitrogen and oxygen atoms in total. The second kappa shape index (κ2) is 3.28. The lowest BCUT2D eigenvalue weighted by Gasteiger charge is -2.22. The average Bonchev–Trinajstić information content (AvgIpc) is 1.86. The van der Waals surface area contributed by atoms with E-state index in [0.29, 0.717) is 0 Å². The van der Waals surface area contributed by atoms with E-state index in [1.54, 1.807) is 5.20 Å². The Morgan fingerprint density at radius 1 is 1.18 bits per heavy atom. The molecule has 0 aliphatic heterocycles. The summed E-state index contributed by atoms with van der Waals surface area (Å²) in [7, 11) is -0.990. The number of halogens is 1. The summed E-state index contributed by atoms with van der Waals surface area (Å²) >= 11 is 3.51. The maximum Gasteiger partial charge on any atom is 0.0724 e. The lowest BCUT2D eigenvalue weighted by atomic mass is 10.2. The molecule has 0 heterocycles. The third kappa shape index (κ3) is 2.60. The summed E-state index contributed by atoms with van der Waals surface area (Å²) in [6.45, 7) is 7.23. The monoisotopic (exact) mass is 230 g/mol. The quantitative estimate of drug-likeness (QED) is 0.601. The largest absolute Gasteiger partial charge is 0.0807 e. The minimum absolute atomic E-state index is 0.990. The molecule has 0 aromatic heterocycles. The zero-order valence-electron chi connectivity index (χ0n) is 7.45. The van der Waals surface area contributed by atoms with Crippen LogP contribution in [0.2, 0.25) is 19.6 Å². The van der Waals surface area contributed by atoms with E-state index in [-0.39, 0.29) is 0 Å². The van der Waals surface area contributed by atoms with Crippen LogP contribution in [0.5, 0.6) is 0 Å². The summed E-state index contributed by atoms with van der Waals surface area (Å²) in [6.07, 6.45) is 6.99. The van der Waals surface area contributed by atoms with Gasteiger partial charge in [0.2, 0.25) is 0 Å². The predicted octanol–water partition coefficient (Wildman–Crippen LogP) is 3.86. The first-order valence-electron chi connectivity index (χ1n) is 4.06. The Kier molecular flexibility index (Phi) is 2.76. The Balaban J connectivity index is 2.77. The van der Waals surface area contributed by atoms with Crippen molar-refractivity contribution in [3.8, 4) is 0 Å². The summed E-state index contributed by atoms with van der Waals surface area (Å²) in [5.74, 6) is 0. The van der Waals surface area contributed by atoms with Crippen molar-refractivity contribution >= 4 is 24.0 Å². The third-order valence-corrected chi connectivity index (χ3v) is 5.07. The molecule has 0 atom stereocenters. The zero-order chi connectivity index (χ0) is 8.48. The molecule has 0 spiro atoms. The van der Waals surface area contributed by atoms with E-state index in [2.05, 4.69) is 47.7 Å². The highest BCUT2D eigenvalue weighted by atomic mass is 79.9. The predicted molar refractivity (Wildman–Crippen MR) is 57.7 cm³/mol. The summed E-state index contributed by atoms with van der Waals surface area (Å²) < 4.78 is 1.35. The van der Waals surface area contributed by atoms with E-state index in [0.717, 1.165) is 0 Å². The maximum atomic E-state index is 3.51. The molecule has 0 amide bonds. The van der Waals surface area contributed by atoms with Gasteiger partial charge in [-0.15, -0.1) is 0 Å². The molecule has 0 aromatic carbocycles. The van der Waals surface area contributed by atoms with Gasteiger partial charge < -0.3 is 0 Å². The van der Waals surface area contributed by atoms with Crippen molar-refractivity contribution in [1.82, 2.24) is 0 Å². The third-order valence-electron chi connectivity index (χ3n) is 2.06. The van der Waals surface area contributed by atoms with Crippen LogP contribution in [-0.2, 0) is 0 Å². The fourth-order valence-electron chi connectivity index (χ4n) is 1.24. The van der Waals surface area contributed by atoms with Crippen molar-refractivity contribution in [2.45, 2.75) is 32.5 Å². The normalized spacial score (nSPS) is 19.3. The van der Waals surface area contributed by atoms with E-state index in [1.165, 1.54) is 17.3 Å². The molecule has 0 unspecified atom stereocenters. The van der Waals surface area contributed by atoms with Gasteiger partial charge in [0, 0.05) is 0 Å². The van der Waals surface area contributed by atoms with Crippen molar-refractivity contribution in [2.75, 3.05) is 0 Å². The Morgan fingerprint density at radius 2 is 1.82 bits per heavy atom. The SMILES string of the molecule is C[Si](C)(C)C1=CC=C(Br)CC1. The van der Waals surface area contributed by atoms with Crippen molar-refractivity contribution in [3.05, 3.63) is 21.8 Å². The van der Waals surface area contributed by atoms with E-state index in [1.807, 2.05) is 0 Å². The van der Waals surface area contributed by atoms with Crippen LogP contribution in [0.15, 0.2) is 21.8 Å². The molecule has 0 aromatic rings. The Labute approximate surface area is 78.5 Å². The standard InChI is InChI=1S/C9H15BrSi/c1-11(2,3)9-6-4-8(10)5-7-9/h4,6H,5,7H2,1-3H3. The van der Waals surface area contributed by atoms with Gasteiger partial charge in [0.1, 0.15) is 0 Å². The van der Waals surface area contributed by atoms with E-state index in [4.69, 9.17) is 0 Å². The van der Waals surface area contributed by atoms with E-state index >= 15 is 0 Å². The molecule has 0 radical (unpaired) electrons. The zero-order valence-corrected chi connectivity index (χ0v) is 10.0. The highest BCUT2D eigenvalue weighted by Gasteiger charge is 2.20. The van der Waals surface area contributed by atoms with Gasteiger partial charge >= 0.3 is 0 Å². The molecule has 0 N–H and O–H groups in total. The van der Waals surface area contributed by atoms with Gasteiger partial charge in [-0.3, -0.25) is 0 Å². The summed E-state index contributed by atoms with van der Waals surface area (Å²) in [6, 6.07) is 0. The Morgan fingerprint density at radius 3 is 2.18 bits per heavy atom. The number of hydrogen-bond acceptors (Lipinski definition) is 0. The van der Waals surface area contributed by atoms with Crippen LogP contribution < -0.4 is 0 Å². The van der Waals surface area contributed by atoms with Crippen molar-refractivity contribution in [2.24, 2.45) is 0 Å². The first-order chi connectivity index (χ1) is 5.00. The highest BCUT2D eigenvalue weighted by molar-refractivity contribution is 9.11. The van der Waals surface area contributed by atoms with Crippen LogP contribution in [0.4, 0.5) is 0 Å². The van der Waals surface area contributed by atoms with Gasteiger partial charge in [0.05, 0.1) is 8.07 Å². The van der Waals surface area contributed by atoms with Gasteiger partial charge in [0.25, 0.3) is 0 Å². The molecule has 0 bridgehead atoms. The molecule has 1 aliphatic carbocycles. The van der Waals surface area contributed by atoms with Gasteiger partial charge in [-0.2, -0.15) is 0 Å². The topological polar surface area (TPSA) is 0 Å².